The molecule has 0 radical (unpaired) electrons. The summed E-state index contributed by atoms with van der Waals surface area (Å²) >= 11 is 0. The summed E-state index contributed by atoms with van der Waals surface area (Å²) in [6.07, 6.45) is 2.67. The number of nitrogens with two attached hydrogens (primary N) is 1. The van der Waals surface area contributed by atoms with Crippen LogP contribution in [0.3, 0.4) is 0 Å². The van der Waals surface area contributed by atoms with E-state index in [0.29, 0.717) is 36.8 Å². The van der Waals surface area contributed by atoms with Gasteiger partial charge in [-0.2, -0.15) is 0 Å². The van der Waals surface area contributed by atoms with E-state index >= 15 is 0 Å². The third-order valence-electron chi connectivity index (χ3n) is 5.74. The first-order chi connectivity index (χ1) is 14.5. The fourth-order valence-corrected chi connectivity index (χ4v) is 4.08. The Kier molecular flexibility index (Phi) is 5.35. The predicted octanol–water partition coefficient (Wildman–Crippen LogP) is 1.92. The molecule has 1 aliphatic heterocycles. The standard InChI is InChI=1S/C23H24N4O3/c1-15-6-4-9-18-21(15)25-14-26(23(18)30)11-5-10-20(28)27-13-17-8-3-2-7-16(17)12-19(27)22(24)29/h2-4,6-9,14,19H,5,10-13H2,1H3,(H2,24,29)/t19-/m1/s1. The highest BCUT2D eigenvalue weighted by atomic mass is 16.2. The highest BCUT2D eigenvalue weighted by molar-refractivity contribution is 5.87. The van der Waals surface area contributed by atoms with Gasteiger partial charge in [0.05, 0.1) is 17.2 Å². The Bertz CT molecular complexity index is 1180. The van der Waals surface area contributed by atoms with Crippen LogP contribution in [0, 0.1) is 6.92 Å². The second-order valence-electron chi connectivity index (χ2n) is 7.73. The summed E-state index contributed by atoms with van der Waals surface area (Å²) in [6.45, 7) is 2.68. The Morgan fingerprint density at radius 3 is 2.67 bits per heavy atom. The maximum absolute atomic E-state index is 12.9. The number of hydrogen-bond donors (Lipinski definition) is 1. The first-order valence-corrected chi connectivity index (χ1v) is 10.1. The van der Waals surface area contributed by atoms with Crippen LogP contribution in [0.25, 0.3) is 10.9 Å². The molecule has 4 rings (SSSR count). The Balaban J connectivity index is 1.46. The van der Waals surface area contributed by atoms with E-state index in [1.807, 2.05) is 43.3 Å². The SMILES string of the molecule is Cc1cccc2c(=O)n(CCCC(=O)N3Cc4ccccc4C[C@@H]3C(N)=O)cnc12. The van der Waals surface area contributed by atoms with Crippen molar-refractivity contribution in [2.24, 2.45) is 5.73 Å². The van der Waals surface area contributed by atoms with E-state index in [2.05, 4.69) is 4.98 Å². The highest BCUT2D eigenvalue weighted by Crippen LogP contribution is 2.24. The predicted molar refractivity (Wildman–Crippen MR) is 114 cm³/mol. The lowest BCUT2D eigenvalue weighted by molar-refractivity contribution is -0.140. The molecule has 0 saturated carbocycles. The third kappa shape index (κ3) is 3.70. The zero-order valence-corrected chi connectivity index (χ0v) is 16.9. The summed E-state index contributed by atoms with van der Waals surface area (Å²) in [5.74, 6) is -0.630. The molecule has 3 aromatic rings. The molecule has 2 amide bonds. The van der Waals surface area contributed by atoms with Gasteiger partial charge >= 0.3 is 0 Å². The summed E-state index contributed by atoms with van der Waals surface area (Å²) in [5.41, 5.74) is 9.20. The Labute approximate surface area is 174 Å². The second kappa shape index (κ2) is 8.10. The Morgan fingerprint density at radius 2 is 1.90 bits per heavy atom. The molecule has 0 saturated heterocycles. The van der Waals surface area contributed by atoms with Crippen molar-refractivity contribution in [2.75, 3.05) is 0 Å². The van der Waals surface area contributed by atoms with E-state index in [-0.39, 0.29) is 17.9 Å². The summed E-state index contributed by atoms with van der Waals surface area (Å²) in [6, 6.07) is 12.7. The number of aryl methyl sites for hydroxylation is 2. The van der Waals surface area contributed by atoms with Crippen molar-refractivity contribution in [3.05, 3.63) is 75.8 Å². The van der Waals surface area contributed by atoms with Crippen LogP contribution in [0.1, 0.15) is 29.5 Å². The fraction of sp³-hybridized carbons (Fsp3) is 0.304. The monoisotopic (exact) mass is 404 g/mol. The molecule has 0 fully saturated rings. The first-order valence-electron chi connectivity index (χ1n) is 10.1. The topological polar surface area (TPSA) is 98.3 Å². The van der Waals surface area contributed by atoms with Crippen molar-refractivity contribution in [3.63, 3.8) is 0 Å². The zero-order chi connectivity index (χ0) is 21.3. The summed E-state index contributed by atoms with van der Waals surface area (Å²) in [7, 11) is 0. The lowest BCUT2D eigenvalue weighted by atomic mass is 9.93. The number of nitrogens with zero attached hydrogens (tertiary/aromatic N) is 3. The van der Waals surface area contributed by atoms with Crippen LogP contribution >= 0.6 is 0 Å². The van der Waals surface area contributed by atoms with Crippen LogP contribution in [0.5, 0.6) is 0 Å². The van der Waals surface area contributed by atoms with Gasteiger partial charge in [-0.05, 0) is 36.1 Å². The zero-order valence-electron chi connectivity index (χ0n) is 16.9. The van der Waals surface area contributed by atoms with Crippen molar-refractivity contribution >= 4 is 22.7 Å². The number of rotatable bonds is 5. The summed E-state index contributed by atoms with van der Waals surface area (Å²) in [4.78, 5) is 43.5. The number of para-hydroxylation sites is 1. The molecule has 2 heterocycles. The average Bonchev–Trinajstić information content (AvgIpc) is 2.74. The van der Waals surface area contributed by atoms with Gasteiger partial charge < -0.3 is 10.6 Å². The quantitative estimate of drug-likeness (QED) is 0.702. The molecule has 7 heteroatoms. The Hall–Kier alpha value is -3.48. The van der Waals surface area contributed by atoms with Crippen molar-refractivity contribution in [2.45, 2.75) is 45.3 Å². The number of primary amides is 1. The minimum atomic E-state index is -0.638. The highest BCUT2D eigenvalue weighted by Gasteiger charge is 2.32. The van der Waals surface area contributed by atoms with E-state index < -0.39 is 11.9 Å². The largest absolute Gasteiger partial charge is 0.368 e. The van der Waals surface area contributed by atoms with Crippen LogP contribution < -0.4 is 11.3 Å². The molecule has 7 nitrogen and oxygen atoms in total. The van der Waals surface area contributed by atoms with Crippen LogP contribution in [0.4, 0.5) is 0 Å². The minimum absolute atomic E-state index is 0.113. The number of fused-ring (bicyclic) bond motifs is 2. The molecule has 0 aliphatic carbocycles. The van der Waals surface area contributed by atoms with Crippen molar-refractivity contribution < 1.29 is 9.59 Å². The smallest absolute Gasteiger partial charge is 0.261 e. The molecule has 2 N–H and O–H groups in total. The van der Waals surface area contributed by atoms with Gasteiger partial charge in [-0.15, -0.1) is 0 Å². The van der Waals surface area contributed by atoms with Gasteiger partial charge in [-0.3, -0.25) is 19.0 Å². The number of carbonyl (C=O) groups excluding carboxylic acids is 2. The van der Waals surface area contributed by atoms with Crippen molar-refractivity contribution in [1.29, 1.82) is 0 Å². The van der Waals surface area contributed by atoms with Gasteiger partial charge in [0.25, 0.3) is 5.56 Å². The summed E-state index contributed by atoms with van der Waals surface area (Å²) < 4.78 is 1.53. The molecule has 0 spiro atoms. The van der Waals surface area contributed by atoms with Gasteiger partial charge in [0.2, 0.25) is 11.8 Å². The average molecular weight is 404 g/mol. The molecule has 1 aliphatic rings. The van der Waals surface area contributed by atoms with Crippen molar-refractivity contribution in [3.8, 4) is 0 Å². The fourth-order valence-electron chi connectivity index (χ4n) is 4.08. The van der Waals surface area contributed by atoms with E-state index in [4.69, 9.17) is 5.73 Å². The molecular weight excluding hydrogens is 380 g/mol. The lowest BCUT2D eigenvalue weighted by Crippen LogP contribution is -2.51. The van der Waals surface area contributed by atoms with Crippen LogP contribution in [0.15, 0.2) is 53.6 Å². The van der Waals surface area contributed by atoms with Crippen molar-refractivity contribution in [1.82, 2.24) is 14.5 Å². The van der Waals surface area contributed by atoms with E-state index in [0.717, 1.165) is 16.7 Å². The first kappa shape index (κ1) is 19.8. The van der Waals surface area contributed by atoms with Gasteiger partial charge in [0, 0.05) is 25.9 Å². The van der Waals surface area contributed by atoms with Gasteiger partial charge in [-0.25, -0.2) is 4.98 Å². The maximum Gasteiger partial charge on any atom is 0.261 e. The molecule has 2 aromatic carbocycles. The molecule has 0 unspecified atom stereocenters. The maximum atomic E-state index is 12.9. The number of benzene rings is 2. The number of carbonyl (C=O) groups is 2. The van der Waals surface area contributed by atoms with Gasteiger partial charge in [0.1, 0.15) is 6.04 Å². The molecule has 154 valence electrons. The van der Waals surface area contributed by atoms with Crippen LogP contribution in [-0.2, 0) is 29.1 Å². The van der Waals surface area contributed by atoms with Crippen LogP contribution in [0.2, 0.25) is 0 Å². The normalized spacial score (nSPS) is 15.8. The number of amides is 2. The third-order valence-corrected chi connectivity index (χ3v) is 5.74. The van der Waals surface area contributed by atoms with Crippen LogP contribution in [-0.4, -0.2) is 32.3 Å². The molecule has 1 aromatic heterocycles. The van der Waals surface area contributed by atoms with Gasteiger partial charge in [0.15, 0.2) is 0 Å². The molecular formula is C23H24N4O3. The summed E-state index contributed by atoms with van der Waals surface area (Å²) in [5, 5.41) is 0.574. The van der Waals surface area contributed by atoms with E-state index in [1.54, 1.807) is 11.0 Å². The molecule has 1 atom stereocenters. The van der Waals surface area contributed by atoms with Gasteiger partial charge in [-0.1, -0.05) is 36.4 Å². The molecule has 0 bridgehead atoms. The number of aromatic nitrogens is 2. The Morgan fingerprint density at radius 1 is 1.13 bits per heavy atom. The molecule has 30 heavy (non-hydrogen) atoms. The lowest BCUT2D eigenvalue weighted by Gasteiger charge is -2.35. The van der Waals surface area contributed by atoms with E-state index in [1.165, 1.54) is 10.9 Å². The number of hydrogen-bond acceptors (Lipinski definition) is 4. The second-order valence-corrected chi connectivity index (χ2v) is 7.73. The van der Waals surface area contributed by atoms with E-state index in [9.17, 15) is 14.4 Å². The minimum Gasteiger partial charge on any atom is -0.368 e.